The Hall–Kier alpha value is -1.14. The van der Waals surface area contributed by atoms with E-state index in [0.29, 0.717) is 25.4 Å². The smallest absolute Gasteiger partial charge is 0.306 e. The molecule has 53 heavy (non-hydrogen) atoms. The molecule has 1 heterocycles. The second kappa shape index (κ2) is 35.3. The van der Waals surface area contributed by atoms with Crippen molar-refractivity contribution in [2.75, 3.05) is 39.5 Å². The van der Waals surface area contributed by atoms with E-state index in [1.54, 1.807) is 0 Å². The van der Waals surface area contributed by atoms with E-state index in [1.165, 1.54) is 122 Å². The number of hydrogen-bond acceptors (Lipinski definition) is 6. The number of piperidine rings is 1. The lowest BCUT2D eigenvalue weighted by atomic mass is 9.73. The van der Waals surface area contributed by atoms with E-state index in [4.69, 9.17) is 14.2 Å². The van der Waals surface area contributed by atoms with Gasteiger partial charge >= 0.3 is 11.9 Å². The van der Waals surface area contributed by atoms with Crippen LogP contribution in [0.4, 0.5) is 0 Å². The second-order valence-corrected chi connectivity index (χ2v) is 17.0. The first-order valence-corrected chi connectivity index (χ1v) is 23.6. The molecule has 1 aliphatic heterocycles. The van der Waals surface area contributed by atoms with Gasteiger partial charge in [0.1, 0.15) is 6.10 Å². The summed E-state index contributed by atoms with van der Waals surface area (Å²) in [4.78, 5) is 29.9. The minimum absolute atomic E-state index is 0.000774. The number of ether oxygens (including phenoxy) is 3. The minimum atomic E-state index is -0.375. The van der Waals surface area contributed by atoms with Crippen molar-refractivity contribution < 1.29 is 23.8 Å². The largest absolute Gasteiger partial charge is 0.466 e. The van der Waals surface area contributed by atoms with E-state index in [2.05, 4.69) is 39.5 Å². The summed E-state index contributed by atoms with van der Waals surface area (Å²) in [5.41, 5.74) is -0.375. The van der Waals surface area contributed by atoms with E-state index in [9.17, 15) is 9.59 Å². The van der Waals surface area contributed by atoms with E-state index in [-0.39, 0.29) is 23.5 Å². The fraction of sp³-hybridized carbons (Fsp3) is 0.957. The molecule has 0 spiro atoms. The number of carbonyl (C=O) groups is 2. The molecule has 314 valence electrons. The van der Waals surface area contributed by atoms with Gasteiger partial charge in [0.25, 0.3) is 0 Å². The van der Waals surface area contributed by atoms with Crippen LogP contribution in [0.2, 0.25) is 0 Å². The number of nitrogens with zero attached hydrogens (tertiary/aromatic N) is 1. The van der Waals surface area contributed by atoms with Crippen LogP contribution in [0.1, 0.15) is 234 Å². The third-order valence-corrected chi connectivity index (χ3v) is 11.9. The van der Waals surface area contributed by atoms with Gasteiger partial charge in [-0.05, 0) is 95.2 Å². The molecule has 6 heteroatoms. The van der Waals surface area contributed by atoms with E-state index >= 15 is 0 Å². The standard InChI is InChI=1S/C47H91NO5/c1-6-11-16-18-20-24-30-44(31-25-21-19-17-12-7-2)53-46(50)42-47(33-36-48(37-34-47)35-26-27-39-51-38-15-10-5)41-45(49)52-40-32-43(28-22-13-8-3)29-23-14-9-4/h43-44H,6-42H2,1-5H3. The van der Waals surface area contributed by atoms with Crippen LogP contribution >= 0.6 is 0 Å². The maximum Gasteiger partial charge on any atom is 0.306 e. The molecule has 0 unspecified atom stereocenters. The molecule has 0 aromatic rings. The van der Waals surface area contributed by atoms with Gasteiger partial charge in [0, 0.05) is 13.2 Å². The third-order valence-electron chi connectivity index (χ3n) is 11.9. The number of unbranched alkanes of at least 4 members (excludes halogenated alkanes) is 16. The van der Waals surface area contributed by atoms with Crippen LogP contribution in [-0.2, 0) is 23.8 Å². The van der Waals surface area contributed by atoms with Gasteiger partial charge in [-0.25, -0.2) is 0 Å². The number of hydrogen-bond donors (Lipinski definition) is 0. The van der Waals surface area contributed by atoms with Crippen LogP contribution in [0.3, 0.4) is 0 Å². The lowest BCUT2D eigenvalue weighted by Crippen LogP contribution is -2.43. The number of rotatable bonds is 38. The SMILES string of the molecule is CCCCCCCCC(CCCCCCCC)OC(=O)CC1(CC(=O)OCCC(CCCCC)CCCCC)CCN(CCCCOCCCC)CC1. The average Bonchev–Trinajstić information content (AvgIpc) is 3.14. The molecular weight excluding hydrogens is 659 g/mol. The van der Waals surface area contributed by atoms with Crippen molar-refractivity contribution in [3.8, 4) is 0 Å². The van der Waals surface area contributed by atoms with Gasteiger partial charge in [0.05, 0.1) is 19.4 Å². The van der Waals surface area contributed by atoms with Crippen LogP contribution in [0.25, 0.3) is 0 Å². The zero-order valence-electron chi connectivity index (χ0n) is 36.3. The van der Waals surface area contributed by atoms with Gasteiger partial charge in [0.2, 0.25) is 0 Å². The molecule has 0 amide bonds. The molecule has 1 aliphatic rings. The van der Waals surface area contributed by atoms with Crippen LogP contribution in [0, 0.1) is 11.3 Å². The molecule has 0 aromatic heterocycles. The Morgan fingerprint density at radius 2 is 0.981 bits per heavy atom. The fourth-order valence-corrected chi connectivity index (χ4v) is 8.15. The molecule has 0 atom stereocenters. The number of esters is 2. The molecule has 1 fully saturated rings. The third kappa shape index (κ3) is 28.0. The van der Waals surface area contributed by atoms with Crippen molar-refractivity contribution in [3.05, 3.63) is 0 Å². The van der Waals surface area contributed by atoms with Gasteiger partial charge in [-0.1, -0.05) is 157 Å². The first-order valence-electron chi connectivity index (χ1n) is 23.6. The van der Waals surface area contributed by atoms with E-state index in [1.807, 2.05) is 0 Å². The van der Waals surface area contributed by atoms with Gasteiger partial charge in [0.15, 0.2) is 0 Å². The number of likely N-dealkylation sites (tertiary alicyclic amines) is 1. The lowest BCUT2D eigenvalue weighted by molar-refractivity contribution is -0.156. The minimum Gasteiger partial charge on any atom is -0.466 e. The highest BCUT2D eigenvalue weighted by Crippen LogP contribution is 2.40. The Bertz CT molecular complexity index is 800. The Morgan fingerprint density at radius 1 is 0.509 bits per heavy atom. The topological polar surface area (TPSA) is 65.1 Å². The Labute approximate surface area is 330 Å². The molecular formula is C47H91NO5. The molecule has 1 rings (SSSR count). The van der Waals surface area contributed by atoms with Crippen LogP contribution in [0.15, 0.2) is 0 Å². The molecule has 0 radical (unpaired) electrons. The van der Waals surface area contributed by atoms with Crippen molar-refractivity contribution in [2.24, 2.45) is 11.3 Å². The first kappa shape index (κ1) is 49.9. The Kier molecular flexibility index (Phi) is 33.2. The van der Waals surface area contributed by atoms with Gasteiger partial charge < -0.3 is 19.1 Å². The van der Waals surface area contributed by atoms with Crippen LogP contribution in [0.5, 0.6) is 0 Å². The summed E-state index contributed by atoms with van der Waals surface area (Å²) in [5, 5.41) is 0. The van der Waals surface area contributed by atoms with Gasteiger partial charge in [-0.3, -0.25) is 9.59 Å². The molecule has 0 aromatic carbocycles. The predicted octanol–water partition coefficient (Wildman–Crippen LogP) is 13.6. The van der Waals surface area contributed by atoms with Crippen molar-refractivity contribution in [2.45, 2.75) is 240 Å². The van der Waals surface area contributed by atoms with E-state index < -0.39 is 0 Å². The summed E-state index contributed by atoms with van der Waals surface area (Å²) < 4.78 is 18.1. The predicted molar refractivity (Wildman–Crippen MR) is 226 cm³/mol. The summed E-state index contributed by atoms with van der Waals surface area (Å²) in [6, 6.07) is 0. The van der Waals surface area contributed by atoms with Crippen molar-refractivity contribution in [3.63, 3.8) is 0 Å². The van der Waals surface area contributed by atoms with Crippen molar-refractivity contribution >= 4 is 11.9 Å². The Morgan fingerprint density at radius 3 is 1.55 bits per heavy atom. The maximum absolute atomic E-state index is 13.8. The van der Waals surface area contributed by atoms with Crippen molar-refractivity contribution in [1.82, 2.24) is 4.90 Å². The lowest BCUT2D eigenvalue weighted by Gasteiger charge is -2.41. The van der Waals surface area contributed by atoms with Crippen LogP contribution < -0.4 is 0 Å². The van der Waals surface area contributed by atoms with Crippen LogP contribution in [-0.4, -0.2) is 62.4 Å². The normalized spacial score (nSPS) is 14.7. The molecule has 6 nitrogen and oxygen atoms in total. The zero-order valence-corrected chi connectivity index (χ0v) is 36.3. The first-order chi connectivity index (χ1) is 25.9. The Balaban J connectivity index is 2.84. The molecule has 0 saturated carbocycles. The molecule has 0 aliphatic carbocycles. The maximum atomic E-state index is 13.8. The summed E-state index contributed by atoms with van der Waals surface area (Å²) >= 11 is 0. The number of carbonyl (C=O) groups excluding carboxylic acids is 2. The summed E-state index contributed by atoms with van der Waals surface area (Å²) in [7, 11) is 0. The average molecular weight is 750 g/mol. The highest BCUT2D eigenvalue weighted by Gasteiger charge is 2.40. The summed E-state index contributed by atoms with van der Waals surface area (Å²) in [6.07, 6.45) is 34.9. The summed E-state index contributed by atoms with van der Waals surface area (Å²) in [6.45, 7) is 16.4. The molecule has 0 N–H and O–H groups in total. The van der Waals surface area contributed by atoms with Gasteiger partial charge in [-0.15, -0.1) is 0 Å². The van der Waals surface area contributed by atoms with Crippen molar-refractivity contribution in [1.29, 1.82) is 0 Å². The molecule has 1 saturated heterocycles. The zero-order chi connectivity index (χ0) is 38.7. The highest BCUT2D eigenvalue weighted by atomic mass is 16.5. The molecule has 0 bridgehead atoms. The highest BCUT2D eigenvalue weighted by molar-refractivity contribution is 5.74. The fourth-order valence-electron chi connectivity index (χ4n) is 8.15. The van der Waals surface area contributed by atoms with E-state index in [0.717, 1.165) is 97.1 Å². The quantitative estimate of drug-likeness (QED) is 0.0463. The second-order valence-electron chi connectivity index (χ2n) is 17.0. The van der Waals surface area contributed by atoms with Gasteiger partial charge in [-0.2, -0.15) is 0 Å². The monoisotopic (exact) mass is 750 g/mol. The summed E-state index contributed by atoms with van der Waals surface area (Å²) in [5.74, 6) is 0.428.